The summed E-state index contributed by atoms with van der Waals surface area (Å²) in [6.45, 7) is 4.11. The number of aliphatic hydroxyl groups excluding tert-OH is 2. The van der Waals surface area contributed by atoms with Crippen LogP contribution < -0.4 is 11.2 Å². The lowest BCUT2D eigenvalue weighted by molar-refractivity contribution is -0.282. The summed E-state index contributed by atoms with van der Waals surface area (Å²) in [4.78, 5) is 23.4. The lowest BCUT2D eigenvalue weighted by Gasteiger charge is -2.66. The van der Waals surface area contributed by atoms with Crippen LogP contribution in [0.4, 0.5) is 4.79 Å². The second kappa shape index (κ2) is 10.5. The Labute approximate surface area is 245 Å². The number of urea groups is 1. The summed E-state index contributed by atoms with van der Waals surface area (Å²) in [5, 5.41) is 49.5. The van der Waals surface area contributed by atoms with Crippen molar-refractivity contribution >= 4 is 18.2 Å². The maximum atomic E-state index is 12.5. The molecule has 4 aliphatic carbocycles. The highest BCUT2D eigenvalue weighted by Crippen LogP contribution is 2.70. The fraction of sp³-hybridized carbons (Fsp3) is 0.833. The second-order valence-electron chi connectivity index (χ2n) is 13.9. The predicted molar refractivity (Wildman–Crippen MR) is 149 cm³/mol. The van der Waals surface area contributed by atoms with Crippen LogP contribution in [0.15, 0.2) is 16.8 Å². The SMILES string of the molecule is C[C@@H]1O[C@H](O[C@@H]2CC[C@]3(/C=N\NC(N)=O)[C@@H]4CC[C@]5(C)[C@H](C6=CC(=O)OC6)CC[C@]5(O)[C@@H]4CC[C@]3(O)C2)C[C@@H](O)[C@H]1O. The number of rotatable bonds is 5. The van der Waals surface area contributed by atoms with Crippen molar-refractivity contribution < 1.29 is 44.2 Å². The average Bonchev–Trinajstić information content (AvgIpc) is 3.46. The van der Waals surface area contributed by atoms with Crippen molar-refractivity contribution in [1.82, 2.24) is 5.43 Å². The first-order valence-corrected chi connectivity index (χ1v) is 15.4. The third kappa shape index (κ3) is 4.52. The van der Waals surface area contributed by atoms with Gasteiger partial charge in [-0.3, -0.25) is 0 Å². The molecule has 0 aromatic rings. The Bertz CT molecular complexity index is 1150. The first kappa shape index (κ1) is 30.0. The highest BCUT2D eigenvalue weighted by Gasteiger charge is 2.71. The smallest absolute Gasteiger partial charge is 0.332 e. The zero-order valence-corrected chi connectivity index (χ0v) is 24.4. The van der Waals surface area contributed by atoms with Crippen molar-refractivity contribution in [1.29, 1.82) is 0 Å². The Morgan fingerprint density at radius 2 is 1.90 bits per heavy atom. The van der Waals surface area contributed by atoms with Crippen LogP contribution in [0.2, 0.25) is 0 Å². The number of aliphatic hydroxyl groups is 4. The summed E-state index contributed by atoms with van der Waals surface area (Å²) in [6, 6.07) is -0.796. The lowest BCUT2D eigenvalue weighted by Crippen LogP contribution is -2.69. The van der Waals surface area contributed by atoms with E-state index in [9.17, 15) is 30.0 Å². The van der Waals surface area contributed by atoms with E-state index in [0.29, 0.717) is 44.9 Å². The molecule has 7 N–H and O–H groups in total. The summed E-state index contributed by atoms with van der Waals surface area (Å²) in [6.07, 6.45) is 5.06. The number of nitrogens with zero attached hydrogens (tertiary/aromatic N) is 1. The summed E-state index contributed by atoms with van der Waals surface area (Å²) in [5.41, 5.74) is 5.09. The molecule has 2 aliphatic heterocycles. The van der Waals surface area contributed by atoms with E-state index in [1.807, 2.05) is 0 Å². The number of hydrazone groups is 1. The normalized spacial score (nSPS) is 50.4. The van der Waals surface area contributed by atoms with E-state index in [0.717, 1.165) is 18.4 Å². The molecule has 0 radical (unpaired) electrons. The number of hydrogen-bond donors (Lipinski definition) is 6. The van der Waals surface area contributed by atoms with Crippen LogP contribution in [0, 0.1) is 28.6 Å². The third-order valence-electron chi connectivity index (χ3n) is 12.1. The number of carbonyl (C=O) groups is 2. The molecule has 0 unspecified atom stereocenters. The van der Waals surface area contributed by atoms with Crippen LogP contribution in [0.3, 0.4) is 0 Å². The van der Waals surface area contributed by atoms with E-state index in [1.54, 1.807) is 19.2 Å². The van der Waals surface area contributed by atoms with Crippen LogP contribution in [-0.4, -0.2) is 87.2 Å². The minimum Gasteiger partial charge on any atom is -0.458 e. The van der Waals surface area contributed by atoms with Gasteiger partial charge in [0.1, 0.15) is 12.7 Å². The van der Waals surface area contributed by atoms with Crippen LogP contribution >= 0.6 is 0 Å². The number of fused-ring (bicyclic) bond motifs is 5. The molecule has 6 rings (SSSR count). The van der Waals surface area contributed by atoms with Crippen LogP contribution in [0.25, 0.3) is 0 Å². The van der Waals surface area contributed by atoms with Crippen LogP contribution in [0.1, 0.15) is 78.1 Å². The van der Waals surface area contributed by atoms with Gasteiger partial charge in [-0.15, -0.1) is 0 Å². The van der Waals surface area contributed by atoms with Gasteiger partial charge < -0.3 is 40.4 Å². The third-order valence-corrected chi connectivity index (χ3v) is 12.1. The van der Waals surface area contributed by atoms with Gasteiger partial charge in [-0.1, -0.05) is 6.92 Å². The molecule has 42 heavy (non-hydrogen) atoms. The zero-order valence-electron chi connectivity index (χ0n) is 24.4. The van der Waals surface area contributed by atoms with E-state index in [-0.39, 0.29) is 42.9 Å². The van der Waals surface area contributed by atoms with E-state index in [2.05, 4.69) is 17.5 Å². The highest BCUT2D eigenvalue weighted by molar-refractivity contribution is 5.85. The molecule has 6 aliphatic rings. The van der Waals surface area contributed by atoms with Crippen LogP contribution in [-0.2, 0) is 19.0 Å². The Hall–Kier alpha value is -2.09. The molecule has 5 fully saturated rings. The monoisotopic (exact) mass is 591 g/mol. The average molecular weight is 592 g/mol. The molecule has 234 valence electrons. The predicted octanol–water partition coefficient (Wildman–Crippen LogP) is 1.23. The highest BCUT2D eigenvalue weighted by atomic mass is 16.7. The minimum absolute atomic E-state index is 0.0488. The number of nitrogens with one attached hydrogen (secondary N) is 1. The first-order chi connectivity index (χ1) is 19.8. The summed E-state index contributed by atoms with van der Waals surface area (Å²) >= 11 is 0. The van der Waals surface area contributed by atoms with Gasteiger partial charge in [0.25, 0.3) is 0 Å². The standard InChI is InChI=1S/C30H45N3O9/c1-16-25(36)22(34)12-24(41-16)42-18-3-8-28(15-32-33-26(31)37)20-4-7-27(2)19(17-11-23(35)40-14-17)6-10-30(27,39)21(20)5-9-29(28,38)13-18/h11,15-16,18-22,24-25,34,36,38-39H,3-10,12-14H2,1-2H3,(H3,31,33,37)/b32-15-/t16-,18+,19-,20+,21+,22+,24+,25-,27+,28-,29-,30-/m0/s1. The second-order valence-corrected chi connectivity index (χ2v) is 13.9. The molecule has 12 nitrogen and oxygen atoms in total. The van der Waals surface area contributed by atoms with E-state index in [4.69, 9.17) is 19.9 Å². The fourth-order valence-electron chi connectivity index (χ4n) is 10.00. The molecule has 0 aromatic carbocycles. The van der Waals surface area contributed by atoms with Crippen molar-refractivity contribution in [3.05, 3.63) is 11.6 Å². The first-order valence-electron chi connectivity index (χ1n) is 15.4. The molecule has 4 saturated carbocycles. The summed E-state index contributed by atoms with van der Waals surface area (Å²) in [5.74, 6) is -0.495. The largest absolute Gasteiger partial charge is 0.458 e. The Balaban J connectivity index is 1.27. The molecule has 0 spiro atoms. The number of cyclic esters (lactones) is 1. The Morgan fingerprint density at radius 1 is 1.14 bits per heavy atom. The van der Waals surface area contributed by atoms with Gasteiger partial charge in [0.15, 0.2) is 6.29 Å². The van der Waals surface area contributed by atoms with Crippen molar-refractivity contribution in [2.75, 3.05) is 6.61 Å². The molecular weight excluding hydrogens is 546 g/mol. The van der Waals surface area contributed by atoms with Crippen molar-refractivity contribution in [3.63, 3.8) is 0 Å². The van der Waals surface area contributed by atoms with Gasteiger partial charge in [-0.2, -0.15) is 5.10 Å². The van der Waals surface area contributed by atoms with Gasteiger partial charge in [0.05, 0.1) is 29.5 Å². The van der Waals surface area contributed by atoms with E-state index in [1.165, 1.54) is 0 Å². The molecule has 0 bridgehead atoms. The summed E-state index contributed by atoms with van der Waals surface area (Å²) in [7, 11) is 0. The number of hydrogen-bond acceptors (Lipinski definition) is 10. The quantitative estimate of drug-likeness (QED) is 0.118. The van der Waals surface area contributed by atoms with Gasteiger partial charge in [-0.25, -0.2) is 15.0 Å². The molecule has 12 atom stereocenters. The minimum atomic E-state index is -1.23. The van der Waals surface area contributed by atoms with Gasteiger partial charge in [0, 0.05) is 36.0 Å². The van der Waals surface area contributed by atoms with Crippen molar-refractivity contribution in [2.24, 2.45) is 39.4 Å². The Kier molecular flexibility index (Phi) is 7.50. The zero-order chi connectivity index (χ0) is 30.1. The summed E-state index contributed by atoms with van der Waals surface area (Å²) < 4.78 is 17.3. The van der Waals surface area contributed by atoms with Gasteiger partial charge >= 0.3 is 12.0 Å². The molecule has 2 amide bonds. The number of amides is 2. The number of primary amides is 1. The maximum Gasteiger partial charge on any atom is 0.332 e. The Morgan fingerprint density at radius 3 is 2.60 bits per heavy atom. The van der Waals surface area contributed by atoms with Gasteiger partial charge in [-0.05, 0) is 81.6 Å². The lowest BCUT2D eigenvalue weighted by atomic mass is 9.41. The van der Waals surface area contributed by atoms with E-state index >= 15 is 0 Å². The topological polar surface area (TPSA) is 193 Å². The number of nitrogens with two attached hydrogens (primary N) is 1. The van der Waals surface area contributed by atoms with Crippen molar-refractivity contribution in [3.8, 4) is 0 Å². The van der Waals surface area contributed by atoms with Gasteiger partial charge in [0.2, 0.25) is 0 Å². The molecule has 2 heterocycles. The molecule has 12 heteroatoms. The number of carbonyl (C=O) groups excluding carboxylic acids is 2. The van der Waals surface area contributed by atoms with Crippen molar-refractivity contribution in [2.45, 2.75) is 120 Å². The number of esters is 1. The maximum absolute atomic E-state index is 12.5. The number of ether oxygens (including phenoxy) is 3. The molecule has 0 aromatic heterocycles. The fourth-order valence-corrected chi connectivity index (χ4v) is 10.00. The van der Waals surface area contributed by atoms with Crippen LogP contribution in [0.5, 0.6) is 0 Å². The molecular formula is C30H45N3O9. The molecule has 1 saturated heterocycles. The van der Waals surface area contributed by atoms with E-state index < -0.39 is 52.7 Å².